The quantitative estimate of drug-likeness (QED) is 0.597. The van der Waals surface area contributed by atoms with E-state index in [0.717, 1.165) is 6.42 Å². The van der Waals surface area contributed by atoms with Gasteiger partial charge in [0.1, 0.15) is 11.8 Å². The number of esters is 1. The third kappa shape index (κ3) is 6.61. The van der Waals surface area contributed by atoms with Crippen LogP contribution in [0.15, 0.2) is 24.3 Å². The number of carbonyl (C=O) groups excluding carboxylic acids is 2. The first kappa shape index (κ1) is 21.9. The topological polar surface area (TPSA) is 55.8 Å². The number of thioether (sulfide) groups is 1. The molecule has 27 heavy (non-hydrogen) atoms. The van der Waals surface area contributed by atoms with Gasteiger partial charge >= 0.3 is 5.97 Å². The molecule has 2 atom stereocenters. The molecule has 0 bridgehead atoms. The van der Waals surface area contributed by atoms with Crippen molar-refractivity contribution in [2.45, 2.75) is 45.5 Å². The second-order valence-corrected chi connectivity index (χ2v) is 9.15. The fraction of sp³-hybridized carbons (Fsp3) is 0.600. The predicted molar refractivity (Wildman–Crippen MR) is 109 cm³/mol. The van der Waals surface area contributed by atoms with E-state index in [-0.39, 0.29) is 29.8 Å². The Morgan fingerprint density at radius 3 is 2.44 bits per heavy atom. The number of hydrogen-bond donors (Lipinski definition) is 0. The van der Waals surface area contributed by atoms with Gasteiger partial charge in [0, 0.05) is 10.8 Å². The van der Waals surface area contributed by atoms with Crippen LogP contribution in [0.2, 0.25) is 5.02 Å². The first-order valence-electron chi connectivity index (χ1n) is 9.25. The van der Waals surface area contributed by atoms with E-state index in [0.29, 0.717) is 29.0 Å². The van der Waals surface area contributed by atoms with Crippen molar-refractivity contribution in [3.8, 4) is 5.75 Å². The van der Waals surface area contributed by atoms with Crippen LogP contribution in [-0.4, -0.2) is 47.2 Å². The average molecular weight is 414 g/mol. The van der Waals surface area contributed by atoms with Crippen LogP contribution >= 0.6 is 23.4 Å². The fourth-order valence-electron chi connectivity index (χ4n) is 2.76. The zero-order chi connectivity index (χ0) is 20.0. The van der Waals surface area contributed by atoms with E-state index in [1.807, 2.05) is 13.8 Å². The molecule has 0 aromatic heterocycles. The van der Waals surface area contributed by atoms with Gasteiger partial charge in [0.05, 0.1) is 12.0 Å². The summed E-state index contributed by atoms with van der Waals surface area (Å²) in [5, 5.41) is 0.567. The lowest BCUT2D eigenvalue weighted by Gasteiger charge is -2.29. The van der Waals surface area contributed by atoms with Crippen LogP contribution in [0.4, 0.5) is 0 Å². The monoisotopic (exact) mass is 413 g/mol. The third-order valence-electron chi connectivity index (χ3n) is 4.06. The zero-order valence-corrected chi connectivity index (χ0v) is 17.9. The Labute approximate surface area is 170 Å². The van der Waals surface area contributed by atoms with Gasteiger partial charge in [-0.25, -0.2) is 4.79 Å². The van der Waals surface area contributed by atoms with E-state index < -0.39 is 6.04 Å². The molecule has 1 amide bonds. The molecule has 0 radical (unpaired) electrons. The highest BCUT2D eigenvalue weighted by Gasteiger charge is 2.42. The Morgan fingerprint density at radius 1 is 1.19 bits per heavy atom. The van der Waals surface area contributed by atoms with Gasteiger partial charge in [-0.3, -0.25) is 4.79 Å². The summed E-state index contributed by atoms with van der Waals surface area (Å²) in [5.41, 5.74) is 0. The number of nitrogens with zero attached hydrogens (tertiary/aromatic N) is 1. The van der Waals surface area contributed by atoms with Gasteiger partial charge in [-0.15, -0.1) is 11.8 Å². The number of benzene rings is 1. The SMILES string of the molecule is CC(C)COC(=O)C1CSC(CC(C)C)N1C(=O)COc1ccc(Cl)cc1. The van der Waals surface area contributed by atoms with Crippen LogP contribution in [0.5, 0.6) is 5.75 Å². The second kappa shape index (κ2) is 10.2. The van der Waals surface area contributed by atoms with Gasteiger partial charge in [0.25, 0.3) is 5.91 Å². The highest BCUT2D eigenvalue weighted by Crippen LogP contribution is 2.34. The zero-order valence-electron chi connectivity index (χ0n) is 16.3. The molecule has 1 aromatic carbocycles. The lowest BCUT2D eigenvalue weighted by molar-refractivity contribution is -0.155. The molecule has 1 aliphatic heterocycles. The van der Waals surface area contributed by atoms with Crippen LogP contribution < -0.4 is 4.74 Å². The summed E-state index contributed by atoms with van der Waals surface area (Å²) in [6.45, 7) is 8.43. The Balaban J connectivity index is 2.05. The Kier molecular flexibility index (Phi) is 8.29. The van der Waals surface area contributed by atoms with Crippen LogP contribution in [0.1, 0.15) is 34.1 Å². The van der Waals surface area contributed by atoms with Gasteiger partial charge in [-0.1, -0.05) is 39.3 Å². The predicted octanol–water partition coefficient (Wildman–Crippen LogP) is 4.23. The highest BCUT2D eigenvalue weighted by atomic mass is 35.5. The molecule has 1 aromatic rings. The largest absolute Gasteiger partial charge is 0.484 e. The first-order valence-corrected chi connectivity index (χ1v) is 10.7. The molecule has 0 saturated carbocycles. The van der Waals surface area contributed by atoms with E-state index in [1.54, 1.807) is 40.9 Å². The summed E-state index contributed by atoms with van der Waals surface area (Å²) in [6.07, 6.45) is 0.825. The highest BCUT2D eigenvalue weighted by molar-refractivity contribution is 8.00. The Morgan fingerprint density at radius 2 is 1.85 bits per heavy atom. The smallest absolute Gasteiger partial charge is 0.329 e. The number of amides is 1. The number of rotatable bonds is 8. The van der Waals surface area contributed by atoms with Crippen molar-refractivity contribution in [2.75, 3.05) is 19.0 Å². The second-order valence-electron chi connectivity index (χ2n) is 7.50. The molecular formula is C20H28ClNO4S. The molecule has 1 fully saturated rings. The molecule has 1 aliphatic rings. The van der Waals surface area contributed by atoms with E-state index in [4.69, 9.17) is 21.1 Å². The van der Waals surface area contributed by atoms with Gasteiger partial charge in [0.15, 0.2) is 6.61 Å². The molecule has 0 N–H and O–H groups in total. The molecular weight excluding hydrogens is 386 g/mol. The normalized spacial score (nSPS) is 19.6. The molecule has 5 nitrogen and oxygen atoms in total. The van der Waals surface area contributed by atoms with Crippen LogP contribution in [-0.2, 0) is 14.3 Å². The van der Waals surface area contributed by atoms with Crippen LogP contribution in [0.3, 0.4) is 0 Å². The van der Waals surface area contributed by atoms with Crippen molar-refractivity contribution < 1.29 is 19.1 Å². The standard InChI is InChI=1S/C20H28ClNO4S/c1-13(2)9-19-22(17(12-27-19)20(24)26-10-14(3)4)18(23)11-25-16-7-5-15(21)6-8-16/h5-8,13-14,17,19H,9-12H2,1-4H3. The van der Waals surface area contributed by atoms with Crippen molar-refractivity contribution in [3.63, 3.8) is 0 Å². The minimum absolute atomic E-state index is 0.0390. The van der Waals surface area contributed by atoms with Gasteiger partial charge < -0.3 is 14.4 Å². The molecule has 1 heterocycles. The lowest BCUT2D eigenvalue weighted by Crippen LogP contribution is -2.48. The summed E-state index contributed by atoms with van der Waals surface area (Å²) in [7, 11) is 0. The van der Waals surface area contributed by atoms with E-state index in [9.17, 15) is 9.59 Å². The molecule has 2 unspecified atom stereocenters. The number of halogens is 1. The van der Waals surface area contributed by atoms with Crippen molar-refractivity contribution in [2.24, 2.45) is 11.8 Å². The number of ether oxygens (including phenoxy) is 2. The maximum Gasteiger partial charge on any atom is 0.329 e. The number of carbonyl (C=O) groups is 2. The van der Waals surface area contributed by atoms with E-state index in [1.165, 1.54) is 0 Å². The summed E-state index contributed by atoms with van der Waals surface area (Å²) in [4.78, 5) is 27.1. The van der Waals surface area contributed by atoms with Gasteiger partial charge in [-0.2, -0.15) is 0 Å². The fourth-order valence-corrected chi connectivity index (χ4v) is 4.53. The molecule has 7 heteroatoms. The van der Waals surface area contributed by atoms with Crippen LogP contribution in [0, 0.1) is 11.8 Å². The maximum atomic E-state index is 12.9. The molecule has 0 aliphatic carbocycles. The molecule has 150 valence electrons. The summed E-state index contributed by atoms with van der Waals surface area (Å²) in [5.74, 6) is 1.27. The Hall–Kier alpha value is -1.40. The molecule has 1 saturated heterocycles. The molecule has 2 rings (SSSR count). The summed E-state index contributed by atoms with van der Waals surface area (Å²) in [6, 6.07) is 6.29. The average Bonchev–Trinajstić information content (AvgIpc) is 3.01. The van der Waals surface area contributed by atoms with Gasteiger partial charge in [-0.05, 0) is 42.5 Å². The Bertz CT molecular complexity index is 635. The lowest BCUT2D eigenvalue weighted by atomic mass is 10.1. The van der Waals surface area contributed by atoms with Crippen LogP contribution in [0.25, 0.3) is 0 Å². The summed E-state index contributed by atoms with van der Waals surface area (Å²) >= 11 is 7.50. The minimum Gasteiger partial charge on any atom is -0.484 e. The number of hydrogen-bond acceptors (Lipinski definition) is 5. The van der Waals surface area contributed by atoms with E-state index >= 15 is 0 Å². The van der Waals surface area contributed by atoms with Crippen molar-refractivity contribution in [1.29, 1.82) is 0 Å². The maximum absolute atomic E-state index is 12.9. The van der Waals surface area contributed by atoms with Crippen molar-refractivity contribution in [3.05, 3.63) is 29.3 Å². The summed E-state index contributed by atoms with van der Waals surface area (Å²) < 4.78 is 11.0. The van der Waals surface area contributed by atoms with E-state index in [2.05, 4.69) is 13.8 Å². The third-order valence-corrected chi connectivity index (χ3v) is 5.63. The van der Waals surface area contributed by atoms with Crippen molar-refractivity contribution >= 4 is 35.2 Å². The van der Waals surface area contributed by atoms with Crippen molar-refractivity contribution in [1.82, 2.24) is 4.90 Å². The van der Waals surface area contributed by atoms with Gasteiger partial charge in [0.2, 0.25) is 0 Å². The first-order chi connectivity index (χ1) is 12.8. The minimum atomic E-state index is -0.557. The molecule has 0 spiro atoms.